The van der Waals surface area contributed by atoms with Crippen LogP contribution >= 0.6 is 0 Å². The highest BCUT2D eigenvalue weighted by Gasteiger charge is 2.20. The number of likely N-dealkylation sites (tertiary alicyclic amines) is 1. The van der Waals surface area contributed by atoms with Gasteiger partial charge in [0.05, 0.1) is 6.04 Å². The number of nitrogens with zero attached hydrogens (tertiary/aromatic N) is 2. The zero-order chi connectivity index (χ0) is 21.4. The lowest BCUT2D eigenvalue weighted by atomic mass is 10.1. The molecule has 1 aliphatic rings. The highest BCUT2D eigenvalue weighted by Crippen LogP contribution is 2.19. The van der Waals surface area contributed by atoms with Crippen molar-refractivity contribution in [1.82, 2.24) is 10.2 Å². The van der Waals surface area contributed by atoms with Crippen LogP contribution in [0.15, 0.2) is 35.5 Å². The molecule has 1 fully saturated rings. The van der Waals surface area contributed by atoms with E-state index in [1.807, 2.05) is 37.4 Å². The van der Waals surface area contributed by atoms with E-state index >= 15 is 0 Å². The van der Waals surface area contributed by atoms with E-state index in [2.05, 4.69) is 22.3 Å². The number of nitrogens with one attached hydrogen (secondary N) is 1. The molecule has 30 heavy (non-hydrogen) atoms. The standard InChI is InChI=1S/C24H41N3O3/c1-3-4-6-11-21(26-28)20-24(25-2)29-19-10-9-16-27-17-14-23(15-18-27)30-22-12-7-5-8-13-22/h5,7-8,12-13,21,23-25H,3-4,6,9-11,14-20H2,1-2H3. The SMILES string of the molecule is CCCCCC(CC(NC)OCCCCN1CCC(Oc2ccccc2)CC1)N=O. The molecule has 170 valence electrons. The van der Waals surface area contributed by atoms with E-state index in [9.17, 15) is 4.91 Å². The minimum absolute atomic E-state index is 0.0831. The van der Waals surface area contributed by atoms with Gasteiger partial charge in [0.25, 0.3) is 0 Å². The second-order valence-electron chi connectivity index (χ2n) is 8.32. The van der Waals surface area contributed by atoms with Gasteiger partial charge in [-0.05, 0) is 57.8 Å². The molecule has 0 spiro atoms. The van der Waals surface area contributed by atoms with Crippen LogP contribution in [0.1, 0.15) is 64.7 Å². The minimum atomic E-state index is -0.145. The molecule has 1 aliphatic heterocycles. The van der Waals surface area contributed by atoms with Crippen LogP contribution in [0.3, 0.4) is 0 Å². The van der Waals surface area contributed by atoms with Crippen LogP contribution < -0.4 is 10.1 Å². The lowest BCUT2D eigenvalue weighted by Gasteiger charge is -2.32. The van der Waals surface area contributed by atoms with Gasteiger partial charge in [-0.2, -0.15) is 4.91 Å². The van der Waals surface area contributed by atoms with Crippen molar-refractivity contribution in [3.8, 4) is 5.75 Å². The van der Waals surface area contributed by atoms with E-state index in [4.69, 9.17) is 9.47 Å². The minimum Gasteiger partial charge on any atom is -0.490 e. The van der Waals surface area contributed by atoms with E-state index in [1.165, 1.54) is 0 Å². The fraction of sp³-hybridized carbons (Fsp3) is 0.750. The summed E-state index contributed by atoms with van der Waals surface area (Å²) in [5, 5.41) is 6.48. The Morgan fingerprint density at radius 1 is 1.13 bits per heavy atom. The molecular weight excluding hydrogens is 378 g/mol. The van der Waals surface area contributed by atoms with Crippen molar-refractivity contribution in [3.63, 3.8) is 0 Å². The predicted octanol–water partition coefficient (Wildman–Crippen LogP) is 4.98. The van der Waals surface area contributed by atoms with Crippen molar-refractivity contribution in [2.24, 2.45) is 5.18 Å². The fourth-order valence-electron chi connectivity index (χ4n) is 3.97. The summed E-state index contributed by atoms with van der Waals surface area (Å²) >= 11 is 0. The van der Waals surface area contributed by atoms with Crippen LogP contribution in [0.5, 0.6) is 5.75 Å². The maximum Gasteiger partial charge on any atom is 0.119 e. The normalized spacial score (nSPS) is 17.5. The second kappa shape index (κ2) is 15.3. The lowest BCUT2D eigenvalue weighted by molar-refractivity contribution is 0.0206. The van der Waals surface area contributed by atoms with E-state index < -0.39 is 0 Å². The molecule has 2 unspecified atom stereocenters. The molecule has 0 aliphatic carbocycles. The first kappa shape index (κ1) is 24.8. The summed E-state index contributed by atoms with van der Waals surface area (Å²) in [7, 11) is 1.89. The monoisotopic (exact) mass is 419 g/mol. The predicted molar refractivity (Wildman–Crippen MR) is 123 cm³/mol. The van der Waals surface area contributed by atoms with Crippen LogP contribution in [0.4, 0.5) is 0 Å². The lowest BCUT2D eigenvalue weighted by Crippen LogP contribution is -2.38. The Morgan fingerprint density at radius 3 is 2.57 bits per heavy atom. The zero-order valence-electron chi connectivity index (χ0n) is 18.9. The third-order valence-corrected chi connectivity index (χ3v) is 5.87. The number of hydrogen-bond donors (Lipinski definition) is 1. The molecule has 6 heteroatoms. The topological polar surface area (TPSA) is 63.2 Å². The molecule has 0 radical (unpaired) electrons. The first-order valence-electron chi connectivity index (χ1n) is 11.8. The second-order valence-corrected chi connectivity index (χ2v) is 8.32. The maximum atomic E-state index is 11.1. The molecule has 1 aromatic carbocycles. The fourth-order valence-corrected chi connectivity index (χ4v) is 3.97. The number of piperidine rings is 1. The summed E-state index contributed by atoms with van der Waals surface area (Å²) in [5.74, 6) is 0.976. The Hall–Kier alpha value is -1.50. The molecule has 2 atom stereocenters. The van der Waals surface area contributed by atoms with Gasteiger partial charge in [-0.25, -0.2) is 0 Å². The number of benzene rings is 1. The first-order chi connectivity index (χ1) is 14.7. The Morgan fingerprint density at radius 2 is 1.90 bits per heavy atom. The largest absolute Gasteiger partial charge is 0.490 e. The van der Waals surface area contributed by atoms with E-state index in [0.717, 1.165) is 83.4 Å². The molecule has 1 heterocycles. The van der Waals surface area contributed by atoms with Crippen molar-refractivity contribution >= 4 is 0 Å². The Kier molecular flexibility index (Phi) is 12.7. The summed E-state index contributed by atoms with van der Waals surface area (Å²) in [5.41, 5.74) is 0. The van der Waals surface area contributed by atoms with Crippen molar-refractivity contribution in [3.05, 3.63) is 35.2 Å². The molecule has 0 aromatic heterocycles. The van der Waals surface area contributed by atoms with Gasteiger partial charge in [0, 0.05) is 26.1 Å². The number of rotatable bonds is 16. The average Bonchev–Trinajstić information content (AvgIpc) is 2.79. The summed E-state index contributed by atoms with van der Waals surface area (Å²) in [6.45, 7) is 6.20. The molecule has 2 rings (SSSR count). The van der Waals surface area contributed by atoms with Crippen LogP contribution in [0.25, 0.3) is 0 Å². The maximum absolute atomic E-state index is 11.1. The quantitative estimate of drug-likeness (QED) is 0.233. The van der Waals surface area contributed by atoms with E-state index in [-0.39, 0.29) is 12.3 Å². The van der Waals surface area contributed by atoms with Crippen molar-refractivity contribution < 1.29 is 9.47 Å². The van der Waals surface area contributed by atoms with Crippen LogP contribution in [0.2, 0.25) is 0 Å². The van der Waals surface area contributed by atoms with Gasteiger partial charge < -0.3 is 14.4 Å². The first-order valence-corrected chi connectivity index (χ1v) is 11.8. The Balaban J connectivity index is 1.53. The summed E-state index contributed by atoms with van der Waals surface area (Å²) in [6.07, 6.45) is 9.51. The van der Waals surface area contributed by atoms with E-state index in [1.54, 1.807) is 0 Å². The summed E-state index contributed by atoms with van der Waals surface area (Å²) in [4.78, 5) is 13.6. The van der Waals surface area contributed by atoms with Gasteiger partial charge in [0.2, 0.25) is 0 Å². The van der Waals surface area contributed by atoms with E-state index in [0.29, 0.717) is 12.5 Å². The van der Waals surface area contributed by atoms with Gasteiger partial charge in [0.15, 0.2) is 0 Å². The van der Waals surface area contributed by atoms with Crippen molar-refractivity contribution in [2.75, 3.05) is 33.3 Å². The summed E-state index contributed by atoms with van der Waals surface area (Å²) < 4.78 is 12.0. The summed E-state index contributed by atoms with van der Waals surface area (Å²) in [6, 6.07) is 9.98. The average molecular weight is 420 g/mol. The molecule has 1 saturated heterocycles. The number of ether oxygens (including phenoxy) is 2. The third kappa shape index (κ3) is 10.0. The molecule has 0 amide bonds. The molecule has 0 bridgehead atoms. The molecule has 6 nitrogen and oxygen atoms in total. The Labute approximate surface area is 182 Å². The Bertz CT molecular complexity index is 550. The van der Waals surface area contributed by atoms with Gasteiger partial charge >= 0.3 is 0 Å². The molecule has 0 saturated carbocycles. The van der Waals surface area contributed by atoms with Gasteiger partial charge in [-0.1, -0.05) is 49.6 Å². The number of unbranched alkanes of at least 4 members (excludes halogenated alkanes) is 3. The number of nitroso groups, excluding NO2 is 1. The van der Waals surface area contributed by atoms with Gasteiger partial charge in [-0.3, -0.25) is 5.32 Å². The molecular formula is C24H41N3O3. The van der Waals surface area contributed by atoms with Crippen LogP contribution in [-0.2, 0) is 4.74 Å². The molecule has 1 aromatic rings. The van der Waals surface area contributed by atoms with Crippen LogP contribution in [0, 0.1) is 4.91 Å². The number of para-hydroxylation sites is 1. The third-order valence-electron chi connectivity index (χ3n) is 5.87. The molecule has 1 N–H and O–H groups in total. The highest BCUT2D eigenvalue weighted by molar-refractivity contribution is 5.21. The van der Waals surface area contributed by atoms with Gasteiger partial charge in [-0.15, -0.1) is 0 Å². The van der Waals surface area contributed by atoms with Crippen molar-refractivity contribution in [2.45, 2.75) is 83.1 Å². The zero-order valence-corrected chi connectivity index (χ0v) is 18.9. The van der Waals surface area contributed by atoms with Gasteiger partial charge in [0.1, 0.15) is 18.1 Å². The highest BCUT2D eigenvalue weighted by atomic mass is 16.5. The number of hydrogen-bond acceptors (Lipinski definition) is 6. The van der Waals surface area contributed by atoms with Crippen LogP contribution in [-0.4, -0.2) is 56.6 Å². The smallest absolute Gasteiger partial charge is 0.119 e. The van der Waals surface area contributed by atoms with Crippen molar-refractivity contribution in [1.29, 1.82) is 0 Å².